The predicted molar refractivity (Wildman–Crippen MR) is 94.4 cm³/mol. The molecule has 1 aromatic carbocycles. The van der Waals surface area contributed by atoms with Crippen molar-refractivity contribution in [3.63, 3.8) is 0 Å². The van der Waals surface area contributed by atoms with E-state index in [9.17, 15) is 4.79 Å². The van der Waals surface area contributed by atoms with Gasteiger partial charge < -0.3 is 9.47 Å². The monoisotopic (exact) mass is 386 g/mol. The molecule has 0 saturated carbocycles. The van der Waals surface area contributed by atoms with Crippen molar-refractivity contribution in [3.8, 4) is 0 Å². The molecule has 0 bridgehead atoms. The number of esters is 1. The van der Waals surface area contributed by atoms with Crippen molar-refractivity contribution >= 4 is 33.7 Å². The SMILES string of the molecule is CCc1ccc([C@H]2C[C@@H](OC(C)=O)C[C@@H](SC)O2)cc1CBr. The Labute approximate surface area is 145 Å². The number of hydrogen-bond donors (Lipinski definition) is 0. The maximum Gasteiger partial charge on any atom is 0.302 e. The van der Waals surface area contributed by atoms with Gasteiger partial charge in [-0.3, -0.25) is 4.79 Å². The zero-order valence-electron chi connectivity index (χ0n) is 13.3. The molecule has 22 heavy (non-hydrogen) atoms. The molecule has 1 heterocycles. The fraction of sp³-hybridized carbons (Fsp3) is 0.588. The van der Waals surface area contributed by atoms with Crippen LogP contribution in [0.5, 0.6) is 0 Å². The molecule has 2 rings (SSSR count). The van der Waals surface area contributed by atoms with Gasteiger partial charge in [0.25, 0.3) is 0 Å². The molecule has 0 aromatic heterocycles. The zero-order valence-corrected chi connectivity index (χ0v) is 15.7. The number of aryl methyl sites for hydroxylation is 1. The minimum Gasteiger partial charge on any atom is -0.462 e. The lowest BCUT2D eigenvalue weighted by Gasteiger charge is -2.34. The van der Waals surface area contributed by atoms with Gasteiger partial charge in [-0.15, -0.1) is 11.8 Å². The van der Waals surface area contributed by atoms with Crippen molar-refractivity contribution in [1.82, 2.24) is 0 Å². The van der Waals surface area contributed by atoms with Crippen molar-refractivity contribution in [2.75, 3.05) is 6.26 Å². The van der Waals surface area contributed by atoms with E-state index in [0.29, 0.717) is 0 Å². The van der Waals surface area contributed by atoms with Gasteiger partial charge in [0.2, 0.25) is 0 Å². The first-order valence-corrected chi connectivity index (χ1v) is 10.0. The third-order valence-electron chi connectivity index (χ3n) is 3.97. The number of carbonyl (C=O) groups is 1. The van der Waals surface area contributed by atoms with Crippen LogP contribution in [0.4, 0.5) is 0 Å². The molecule has 122 valence electrons. The van der Waals surface area contributed by atoms with Gasteiger partial charge in [0, 0.05) is 25.1 Å². The van der Waals surface area contributed by atoms with Crippen LogP contribution in [0.3, 0.4) is 0 Å². The molecule has 3 nitrogen and oxygen atoms in total. The number of thioether (sulfide) groups is 1. The van der Waals surface area contributed by atoms with Gasteiger partial charge in [-0.1, -0.05) is 41.1 Å². The second-order valence-electron chi connectivity index (χ2n) is 5.51. The molecule has 3 atom stereocenters. The first-order chi connectivity index (χ1) is 10.6. The smallest absolute Gasteiger partial charge is 0.302 e. The third kappa shape index (κ3) is 4.49. The highest BCUT2D eigenvalue weighted by atomic mass is 79.9. The quantitative estimate of drug-likeness (QED) is 0.546. The lowest BCUT2D eigenvalue weighted by molar-refractivity contribution is -0.155. The molecule has 1 aromatic rings. The molecule has 1 saturated heterocycles. The van der Waals surface area contributed by atoms with E-state index in [2.05, 4.69) is 41.1 Å². The van der Waals surface area contributed by atoms with E-state index >= 15 is 0 Å². The highest BCUT2D eigenvalue weighted by Gasteiger charge is 2.32. The van der Waals surface area contributed by atoms with E-state index in [1.54, 1.807) is 11.8 Å². The summed E-state index contributed by atoms with van der Waals surface area (Å²) in [6, 6.07) is 6.54. The summed E-state index contributed by atoms with van der Waals surface area (Å²) in [4.78, 5) is 11.3. The van der Waals surface area contributed by atoms with Crippen LogP contribution in [0.25, 0.3) is 0 Å². The van der Waals surface area contributed by atoms with Gasteiger partial charge in [-0.25, -0.2) is 0 Å². The molecule has 0 N–H and O–H groups in total. The predicted octanol–water partition coefficient (Wildman–Crippen LogP) is 4.62. The summed E-state index contributed by atoms with van der Waals surface area (Å²) in [6.45, 7) is 3.64. The Morgan fingerprint density at radius 1 is 1.41 bits per heavy atom. The summed E-state index contributed by atoms with van der Waals surface area (Å²) < 4.78 is 11.6. The van der Waals surface area contributed by atoms with Crippen molar-refractivity contribution < 1.29 is 14.3 Å². The van der Waals surface area contributed by atoms with Crippen LogP contribution in [0, 0.1) is 0 Å². The normalized spacial score (nSPS) is 25.0. The molecule has 1 fully saturated rings. The summed E-state index contributed by atoms with van der Waals surface area (Å²) in [5.74, 6) is -0.215. The summed E-state index contributed by atoms with van der Waals surface area (Å²) in [5.41, 5.74) is 3.90. The average Bonchev–Trinajstić information content (AvgIpc) is 2.53. The second-order valence-corrected chi connectivity index (χ2v) is 7.07. The Morgan fingerprint density at radius 2 is 2.18 bits per heavy atom. The highest BCUT2D eigenvalue weighted by Crippen LogP contribution is 2.37. The molecule has 0 amide bonds. The van der Waals surface area contributed by atoms with E-state index < -0.39 is 0 Å². The second kappa shape index (κ2) is 8.37. The standard InChI is InChI=1S/C17H23BrO3S/c1-4-12-5-6-13(7-14(12)10-18)16-8-15(20-11(2)19)9-17(21-16)22-3/h5-7,15-17H,4,8-10H2,1-3H3/t15-,16-,17-/m1/s1. The van der Waals surface area contributed by atoms with Crippen LogP contribution in [-0.4, -0.2) is 23.8 Å². The summed E-state index contributed by atoms with van der Waals surface area (Å²) in [7, 11) is 0. The minimum atomic E-state index is -0.215. The Bertz CT molecular complexity index is 521. The zero-order chi connectivity index (χ0) is 16.1. The van der Waals surface area contributed by atoms with E-state index in [1.165, 1.54) is 23.6 Å². The molecule has 1 aliphatic rings. The van der Waals surface area contributed by atoms with Crippen LogP contribution in [-0.2, 0) is 26.0 Å². The summed E-state index contributed by atoms with van der Waals surface area (Å²) in [6.07, 6.45) is 4.46. The topological polar surface area (TPSA) is 35.5 Å². The molecule has 0 spiro atoms. The number of halogens is 1. The number of benzene rings is 1. The molecule has 0 unspecified atom stereocenters. The van der Waals surface area contributed by atoms with Crippen molar-refractivity contribution in [3.05, 3.63) is 34.9 Å². The maximum atomic E-state index is 11.3. The molecule has 0 radical (unpaired) electrons. The van der Waals surface area contributed by atoms with Crippen LogP contribution in [0.15, 0.2) is 18.2 Å². The highest BCUT2D eigenvalue weighted by molar-refractivity contribution is 9.08. The Morgan fingerprint density at radius 3 is 2.77 bits per heavy atom. The average molecular weight is 387 g/mol. The lowest BCUT2D eigenvalue weighted by Crippen LogP contribution is -2.32. The number of ether oxygens (including phenoxy) is 2. The number of carbonyl (C=O) groups excluding carboxylic acids is 1. The third-order valence-corrected chi connectivity index (χ3v) is 5.40. The largest absolute Gasteiger partial charge is 0.462 e. The van der Waals surface area contributed by atoms with Gasteiger partial charge in [0.05, 0.1) is 6.10 Å². The first kappa shape index (κ1) is 17.8. The first-order valence-electron chi connectivity index (χ1n) is 7.60. The van der Waals surface area contributed by atoms with E-state index in [4.69, 9.17) is 9.47 Å². The molecule has 5 heteroatoms. The van der Waals surface area contributed by atoms with Crippen LogP contribution >= 0.6 is 27.7 Å². The van der Waals surface area contributed by atoms with Gasteiger partial charge in [-0.05, 0) is 29.4 Å². The number of alkyl halides is 1. The summed E-state index contributed by atoms with van der Waals surface area (Å²) >= 11 is 5.23. The molecule has 1 aliphatic heterocycles. The summed E-state index contributed by atoms with van der Waals surface area (Å²) in [5, 5.41) is 0.843. The van der Waals surface area contributed by atoms with Gasteiger partial charge in [-0.2, -0.15) is 0 Å². The van der Waals surface area contributed by atoms with Crippen LogP contribution < -0.4 is 0 Å². The maximum absolute atomic E-state index is 11.3. The molecule has 0 aliphatic carbocycles. The van der Waals surface area contributed by atoms with Gasteiger partial charge in [0.1, 0.15) is 11.5 Å². The fourth-order valence-corrected chi connectivity index (χ4v) is 4.03. The minimum absolute atomic E-state index is 0.0146. The Kier molecular flexibility index (Phi) is 6.78. The number of hydrogen-bond acceptors (Lipinski definition) is 4. The van der Waals surface area contributed by atoms with Gasteiger partial charge in [0.15, 0.2) is 0 Å². The van der Waals surface area contributed by atoms with Crippen molar-refractivity contribution in [2.24, 2.45) is 0 Å². The number of rotatable bonds is 5. The molecular formula is C17H23BrO3S. The Hall–Kier alpha value is -0.520. The van der Waals surface area contributed by atoms with Crippen LogP contribution in [0.2, 0.25) is 0 Å². The van der Waals surface area contributed by atoms with Crippen molar-refractivity contribution in [1.29, 1.82) is 0 Å². The van der Waals surface area contributed by atoms with Crippen LogP contribution in [0.1, 0.15) is 49.5 Å². The Balaban J connectivity index is 2.20. The van der Waals surface area contributed by atoms with E-state index in [0.717, 1.165) is 24.6 Å². The van der Waals surface area contributed by atoms with E-state index in [1.807, 2.05) is 6.26 Å². The molecular weight excluding hydrogens is 364 g/mol. The van der Waals surface area contributed by atoms with Gasteiger partial charge >= 0.3 is 5.97 Å². The lowest BCUT2D eigenvalue weighted by atomic mass is 9.95. The van der Waals surface area contributed by atoms with Crippen molar-refractivity contribution in [2.45, 2.75) is 56.1 Å². The van der Waals surface area contributed by atoms with E-state index in [-0.39, 0.29) is 23.6 Å². The fourth-order valence-electron chi connectivity index (χ4n) is 2.86.